The average molecular weight is 605 g/mol. The van der Waals surface area contributed by atoms with Gasteiger partial charge in [0.1, 0.15) is 11.5 Å². The van der Waals surface area contributed by atoms with Crippen LogP contribution in [0.4, 0.5) is 0 Å². The molecule has 44 heavy (non-hydrogen) atoms. The third kappa shape index (κ3) is 4.64. The summed E-state index contributed by atoms with van der Waals surface area (Å²) in [5.41, 5.74) is 2.36. The van der Waals surface area contributed by atoms with Gasteiger partial charge in [-0.1, -0.05) is 11.6 Å². The van der Waals surface area contributed by atoms with Crippen LogP contribution in [0.15, 0.2) is 9.32 Å². The lowest BCUT2D eigenvalue weighted by atomic mass is 9.64. The quantitative estimate of drug-likeness (QED) is 0.364. The van der Waals surface area contributed by atoms with Gasteiger partial charge in [-0.15, -0.1) is 0 Å². The molecule has 3 aromatic rings. The van der Waals surface area contributed by atoms with E-state index in [9.17, 15) is 9.59 Å². The molecule has 0 amide bonds. The Balaban J connectivity index is 1.24. The minimum Gasteiger partial charge on any atom is -0.475 e. The van der Waals surface area contributed by atoms with Crippen molar-refractivity contribution in [3.05, 3.63) is 21.7 Å². The molecular weight excluding hydrogens is 560 g/mol. The molecule has 236 valence electrons. The molecule has 8 rings (SSSR count). The van der Waals surface area contributed by atoms with Crippen molar-refractivity contribution in [1.82, 2.24) is 29.2 Å². The van der Waals surface area contributed by atoms with Crippen molar-refractivity contribution in [1.29, 1.82) is 0 Å². The van der Waals surface area contributed by atoms with Crippen LogP contribution in [-0.4, -0.2) is 74.4 Å². The first-order valence-electron chi connectivity index (χ1n) is 17.0. The highest BCUT2D eigenvalue weighted by atomic mass is 16.5. The SMILES string of the molecule is CCn1c(=O)n([C@@H]2CCCOC2)c2nc(-c3onc4c3CCC[C@@]43CCCCC3=O)nc(OCC3(CN4CCCC4)CC3)c21. The molecule has 0 unspecified atom stereocenters. The Labute approximate surface area is 257 Å². The maximum absolute atomic E-state index is 14.0. The van der Waals surface area contributed by atoms with Crippen LogP contribution in [0.1, 0.15) is 101 Å². The molecule has 1 spiro atoms. The van der Waals surface area contributed by atoms with Gasteiger partial charge in [0.2, 0.25) is 17.5 Å². The predicted molar refractivity (Wildman–Crippen MR) is 163 cm³/mol. The van der Waals surface area contributed by atoms with Gasteiger partial charge in [0, 0.05) is 37.1 Å². The summed E-state index contributed by atoms with van der Waals surface area (Å²) in [5.74, 6) is 1.59. The van der Waals surface area contributed by atoms with E-state index < -0.39 is 5.41 Å². The van der Waals surface area contributed by atoms with Crippen molar-refractivity contribution in [2.24, 2.45) is 5.41 Å². The van der Waals surface area contributed by atoms with Gasteiger partial charge in [-0.2, -0.15) is 4.98 Å². The Bertz CT molecular complexity index is 1620. The largest absolute Gasteiger partial charge is 0.475 e. The molecule has 0 bridgehead atoms. The topological polar surface area (TPSA) is 118 Å². The van der Waals surface area contributed by atoms with E-state index >= 15 is 0 Å². The van der Waals surface area contributed by atoms with Crippen LogP contribution >= 0.6 is 0 Å². The molecule has 0 N–H and O–H groups in total. The molecule has 4 fully saturated rings. The van der Waals surface area contributed by atoms with Crippen molar-refractivity contribution in [2.45, 2.75) is 108 Å². The van der Waals surface area contributed by atoms with Gasteiger partial charge in [-0.05, 0) is 90.6 Å². The second kappa shape index (κ2) is 11.1. The van der Waals surface area contributed by atoms with Gasteiger partial charge < -0.3 is 18.9 Å². The number of fused-ring (bicyclic) bond motifs is 3. The summed E-state index contributed by atoms with van der Waals surface area (Å²) in [7, 11) is 0. The number of hydrogen-bond acceptors (Lipinski definition) is 9. The van der Waals surface area contributed by atoms with Crippen LogP contribution in [0.5, 0.6) is 5.88 Å². The standard InChI is InChI=1S/C33H44N6O5/c1-2-38-25-29(39(31(38)41)22-9-8-18-42-19-22)34-28(35-30(25)43-21-32(14-15-32)20-37-16-5-6-17-37)26-23-10-7-13-33(27(23)36-44-26)12-4-3-11-24(33)40/h22H,2-21H2,1H3/t22-,33-/m1/s1. The first-order valence-corrected chi connectivity index (χ1v) is 17.0. The highest BCUT2D eigenvalue weighted by Crippen LogP contribution is 2.49. The number of likely N-dealkylation sites (tertiary alicyclic amines) is 1. The molecule has 3 aromatic heterocycles. The van der Waals surface area contributed by atoms with Crippen LogP contribution in [0.3, 0.4) is 0 Å². The molecule has 11 heteroatoms. The van der Waals surface area contributed by atoms with E-state index in [2.05, 4.69) is 10.1 Å². The third-order valence-electron chi connectivity index (χ3n) is 11.1. The Morgan fingerprint density at radius 1 is 0.977 bits per heavy atom. The van der Waals surface area contributed by atoms with E-state index in [1.165, 1.54) is 12.8 Å². The van der Waals surface area contributed by atoms with Crippen LogP contribution in [-0.2, 0) is 27.9 Å². The number of carbonyl (C=O) groups excluding carboxylic acids is 1. The lowest BCUT2D eigenvalue weighted by Crippen LogP contribution is -2.41. The number of ether oxygens (including phenoxy) is 2. The number of carbonyl (C=O) groups is 1. The fraction of sp³-hybridized carbons (Fsp3) is 0.727. The number of Topliss-reactive ketones (excluding diaryl/α,β-unsaturated/α-hetero) is 1. The third-order valence-corrected chi connectivity index (χ3v) is 11.1. The van der Waals surface area contributed by atoms with Gasteiger partial charge >= 0.3 is 5.69 Å². The number of ketones is 1. The summed E-state index contributed by atoms with van der Waals surface area (Å²) in [6.45, 7) is 7.55. The molecular formula is C33H44N6O5. The van der Waals surface area contributed by atoms with Crippen LogP contribution in [0.2, 0.25) is 0 Å². The Morgan fingerprint density at radius 2 is 1.82 bits per heavy atom. The predicted octanol–water partition coefficient (Wildman–Crippen LogP) is 4.59. The Morgan fingerprint density at radius 3 is 2.57 bits per heavy atom. The summed E-state index contributed by atoms with van der Waals surface area (Å²) < 4.78 is 22.1. The first-order chi connectivity index (χ1) is 21.5. The summed E-state index contributed by atoms with van der Waals surface area (Å²) >= 11 is 0. The molecule has 5 aliphatic rings. The van der Waals surface area contributed by atoms with E-state index in [-0.39, 0.29) is 22.9 Å². The molecule has 11 nitrogen and oxygen atoms in total. The second-order valence-electron chi connectivity index (χ2n) is 14.0. The van der Waals surface area contributed by atoms with Crippen LogP contribution in [0.25, 0.3) is 22.7 Å². The van der Waals surface area contributed by atoms with Crippen molar-refractivity contribution in [2.75, 3.05) is 39.5 Å². The van der Waals surface area contributed by atoms with Gasteiger partial charge in [0.15, 0.2) is 11.2 Å². The fourth-order valence-electron chi connectivity index (χ4n) is 8.44. The van der Waals surface area contributed by atoms with Gasteiger partial charge in [-0.25, -0.2) is 9.78 Å². The normalized spacial score (nSPS) is 26.8. The molecule has 0 radical (unpaired) electrons. The number of aromatic nitrogens is 5. The minimum absolute atomic E-state index is 0.112. The highest BCUT2D eigenvalue weighted by molar-refractivity contribution is 5.91. The van der Waals surface area contributed by atoms with Crippen molar-refractivity contribution in [3.63, 3.8) is 0 Å². The van der Waals surface area contributed by atoms with E-state index in [1.807, 2.05) is 6.92 Å². The number of hydrogen-bond donors (Lipinski definition) is 0. The molecule has 5 heterocycles. The molecule has 2 aliphatic heterocycles. The van der Waals surface area contributed by atoms with E-state index in [1.54, 1.807) is 9.13 Å². The zero-order chi connectivity index (χ0) is 29.9. The highest BCUT2D eigenvalue weighted by Gasteiger charge is 2.48. The number of aryl methyl sites for hydroxylation is 1. The molecule has 2 saturated heterocycles. The van der Waals surface area contributed by atoms with E-state index in [0.29, 0.717) is 61.4 Å². The number of nitrogens with zero attached hydrogens (tertiary/aromatic N) is 6. The van der Waals surface area contributed by atoms with Crippen LogP contribution in [0, 0.1) is 5.41 Å². The number of imidazole rings is 1. The van der Waals surface area contributed by atoms with Crippen molar-refractivity contribution in [3.8, 4) is 17.5 Å². The maximum Gasteiger partial charge on any atom is 0.330 e. The van der Waals surface area contributed by atoms with Crippen molar-refractivity contribution >= 4 is 16.9 Å². The number of rotatable bonds is 8. The maximum atomic E-state index is 14.0. The van der Waals surface area contributed by atoms with Crippen LogP contribution < -0.4 is 10.4 Å². The summed E-state index contributed by atoms with van der Waals surface area (Å²) in [5, 5.41) is 4.56. The minimum atomic E-state index is -0.558. The Hall–Kier alpha value is -3.05. The summed E-state index contributed by atoms with van der Waals surface area (Å²) in [6.07, 6.45) is 12.4. The van der Waals surface area contributed by atoms with Gasteiger partial charge in [0.05, 0.1) is 24.7 Å². The smallest absolute Gasteiger partial charge is 0.330 e. The van der Waals surface area contributed by atoms with E-state index in [0.717, 1.165) is 95.1 Å². The molecule has 3 aliphatic carbocycles. The fourth-order valence-corrected chi connectivity index (χ4v) is 8.44. The average Bonchev–Trinajstić information content (AvgIpc) is 3.34. The monoisotopic (exact) mass is 604 g/mol. The molecule has 0 aromatic carbocycles. The van der Waals surface area contributed by atoms with Gasteiger partial charge in [0.25, 0.3) is 0 Å². The first kappa shape index (κ1) is 28.4. The Kier molecular flexibility index (Phi) is 7.16. The zero-order valence-corrected chi connectivity index (χ0v) is 25.9. The molecule has 2 atom stereocenters. The summed E-state index contributed by atoms with van der Waals surface area (Å²) in [6, 6.07) is -0.112. The summed E-state index contributed by atoms with van der Waals surface area (Å²) in [4.78, 5) is 39.9. The van der Waals surface area contributed by atoms with Gasteiger partial charge in [-0.3, -0.25) is 13.9 Å². The molecule has 2 saturated carbocycles. The van der Waals surface area contributed by atoms with E-state index in [4.69, 9.17) is 24.0 Å². The zero-order valence-electron chi connectivity index (χ0n) is 25.9. The lowest BCUT2D eigenvalue weighted by Gasteiger charge is -2.37. The van der Waals surface area contributed by atoms with Crippen molar-refractivity contribution < 1.29 is 18.8 Å². The second-order valence-corrected chi connectivity index (χ2v) is 14.0. The lowest BCUT2D eigenvalue weighted by molar-refractivity contribution is -0.127.